The molecule has 1 amide bonds. The number of primary amides is 1. The van der Waals surface area contributed by atoms with E-state index in [1.807, 2.05) is 30.5 Å². The molecule has 6 heteroatoms. The van der Waals surface area contributed by atoms with Crippen LogP contribution in [0, 0.1) is 5.82 Å². The van der Waals surface area contributed by atoms with Crippen LogP contribution in [0.25, 0.3) is 17.0 Å². The largest absolute Gasteiger partial charge is 0.484 e. The number of amides is 1. The molecule has 2 aromatic carbocycles. The van der Waals surface area contributed by atoms with Crippen LogP contribution in [0.2, 0.25) is 0 Å². The van der Waals surface area contributed by atoms with E-state index in [9.17, 15) is 9.18 Å². The number of aryl methyl sites for hydroxylation is 1. The molecular formula is C24H25FN2O3. The van der Waals surface area contributed by atoms with Gasteiger partial charge in [0.15, 0.2) is 11.6 Å². The van der Waals surface area contributed by atoms with Gasteiger partial charge in [-0.2, -0.15) is 0 Å². The fourth-order valence-corrected chi connectivity index (χ4v) is 3.97. The van der Waals surface area contributed by atoms with Crippen molar-refractivity contribution in [2.24, 2.45) is 5.73 Å². The van der Waals surface area contributed by atoms with Crippen LogP contribution < -0.4 is 10.5 Å². The van der Waals surface area contributed by atoms with E-state index in [2.05, 4.69) is 17.9 Å². The van der Waals surface area contributed by atoms with Gasteiger partial charge in [-0.3, -0.25) is 4.79 Å². The lowest BCUT2D eigenvalue weighted by Crippen LogP contribution is -2.30. The van der Waals surface area contributed by atoms with Crippen LogP contribution in [-0.2, 0) is 6.42 Å². The number of benzene rings is 2. The van der Waals surface area contributed by atoms with Crippen LogP contribution in [-0.4, -0.2) is 30.5 Å². The Balaban J connectivity index is 1.52. The van der Waals surface area contributed by atoms with Crippen molar-refractivity contribution in [1.29, 1.82) is 0 Å². The Kier molecular flexibility index (Phi) is 5.74. The molecule has 0 radical (unpaired) electrons. The van der Waals surface area contributed by atoms with Gasteiger partial charge in [0.2, 0.25) is 5.91 Å². The molecule has 0 unspecified atom stereocenters. The molecule has 5 nitrogen and oxygen atoms in total. The molecular weight excluding hydrogens is 383 g/mol. The maximum Gasteiger partial charge on any atom is 0.249 e. The minimum atomic E-state index is -0.596. The topological polar surface area (TPSA) is 68.7 Å². The Morgan fingerprint density at radius 1 is 1.20 bits per heavy atom. The number of carbonyl (C=O) groups excluding carboxylic acids is 1. The lowest BCUT2D eigenvalue weighted by Gasteiger charge is -2.30. The summed E-state index contributed by atoms with van der Waals surface area (Å²) in [5.74, 6) is -0.989. The molecule has 0 fully saturated rings. The van der Waals surface area contributed by atoms with Crippen molar-refractivity contribution in [3.63, 3.8) is 0 Å². The van der Waals surface area contributed by atoms with Gasteiger partial charge in [0, 0.05) is 24.0 Å². The van der Waals surface area contributed by atoms with E-state index in [1.165, 1.54) is 17.7 Å². The zero-order valence-electron chi connectivity index (χ0n) is 17.0. The van der Waals surface area contributed by atoms with Crippen LogP contribution >= 0.6 is 0 Å². The average molecular weight is 408 g/mol. The van der Waals surface area contributed by atoms with Gasteiger partial charge in [0.25, 0.3) is 0 Å². The molecule has 0 spiro atoms. The zero-order chi connectivity index (χ0) is 21.1. The number of rotatable bonds is 8. The van der Waals surface area contributed by atoms with Gasteiger partial charge in [-0.15, -0.1) is 0 Å². The van der Waals surface area contributed by atoms with E-state index in [-0.39, 0.29) is 17.9 Å². The molecule has 2 heterocycles. The number of fused-ring (bicyclic) bond motifs is 2. The van der Waals surface area contributed by atoms with Gasteiger partial charge >= 0.3 is 0 Å². The summed E-state index contributed by atoms with van der Waals surface area (Å²) in [7, 11) is 0. The first kappa shape index (κ1) is 20.0. The summed E-state index contributed by atoms with van der Waals surface area (Å²) < 4.78 is 25.5. The number of furan rings is 1. The second-order valence-electron chi connectivity index (χ2n) is 7.47. The summed E-state index contributed by atoms with van der Waals surface area (Å²) >= 11 is 0. The normalized spacial score (nSPS) is 12.9. The number of para-hydroxylation sites is 1. The minimum Gasteiger partial charge on any atom is -0.484 e. The first-order chi connectivity index (χ1) is 14.6. The molecule has 1 aromatic heterocycles. The number of hydrogen-bond acceptors (Lipinski definition) is 4. The molecule has 30 heavy (non-hydrogen) atoms. The van der Waals surface area contributed by atoms with E-state index >= 15 is 0 Å². The van der Waals surface area contributed by atoms with Gasteiger partial charge < -0.3 is 19.8 Å². The zero-order valence-corrected chi connectivity index (χ0v) is 17.0. The van der Waals surface area contributed by atoms with E-state index in [4.69, 9.17) is 14.9 Å². The molecule has 0 atom stereocenters. The summed E-state index contributed by atoms with van der Waals surface area (Å²) in [5.41, 5.74) is 9.19. The second-order valence-corrected chi connectivity index (χ2v) is 7.47. The average Bonchev–Trinajstić information content (AvgIpc) is 3.16. The predicted molar refractivity (Wildman–Crippen MR) is 115 cm³/mol. The number of hydrogen-bond donors (Lipinski definition) is 1. The number of halogens is 1. The molecule has 2 N–H and O–H groups in total. The van der Waals surface area contributed by atoms with Crippen LogP contribution in [0.1, 0.15) is 41.3 Å². The molecule has 1 aliphatic rings. The van der Waals surface area contributed by atoms with Crippen molar-refractivity contribution in [3.8, 4) is 5.75 Å². The van der Waals surface area contributed by atoms with Crippen LogP contribution in [0.5, 0.6) is 5.75 Å². The Morgan fingerprint density at radius 3 is 2.83 bits per heavy atom. The Hall–Kier alpha value is -3.28. The van der Waals surface area contributed by atoms with Gasteiger partial charge in [-0.25, -0.2) is 4.39 Å². The molecule has 0 aliphatic carbocycles. The van der Waals surface area contributed by atoms with Crippen LogP contribution in [0.4, 0.5) is 4.39 Å². The fourth-order valence-electron chi connectivity index (χ4n) is 3.97. The first-order valence-corrected chi connectivity index (χ1v) is 10.2. The monoisotopic (exact) mass is 408 g/mol. The van der Waals surface area contributed by atoms with Gasteiger partial charge in [-0.1, -0.05) is 25.1 Å². The van der Waals surface area contributed by atoms with Gasteiger partial charge in [0.1, 0.15) is 12.2 Å². The molecule has 0 saturated heterocycles. The van der Waals surface area contributed by atoms with Crippen molar-refractivity contribution in [3.05, 3.63) is 70.9 Å². The highest BCUT2D eigenvalue weighted by Crippen LogP contribution is 2.33. The highest BCUT2D eigenvalue weighted by atomic mass is 19.1. The Labute approximate surface area is 174 Å². The van der Waals surface area contributed by atoms with Gasteiger partial charge in [-0.05, 0) is 49.1 Å². The summed E-state index contributed by atoms with van der Waals surface area (Å²) in [6, 6.07) is 10.7. The van der Waals surface area contributed by atoms with Crippen LogP contribution in [0.3, 0.4) is 0 Å². The highest BCUT2D eigenvalue weighted by molar-refractivity contribution is 5.98. The lowest BCUT2D eigenvalue weighted by molar-refractivity contribution is 0.0999. The number of nitrogens with zero attached hydrogens (tertiary/aromatic N) is 1. The third kappa shape index (κ3) is 3.90. The Morgan fingerprint density at radius 2 is 2.03 bits per heavy atom. The quantitative estimate of drug-likeness (QED) is 0.584. The number of carbonyl (C=O) groups is 1. The van der Waals surface area contributed by atoms with Crippen molar-refractivity contribution in [2.75, 3.05) is 19.7 Å². The molecule has 3 aromatic rings. The van der Waals surface area contributed by atoms with E-state index < -0.39 is 11.7 Å². The predicted octanol–water partition coefficient (Wildman–Crippen LogP) is 4.75. The lowest BCUT2D eigenvalue weighted by atomic mass is 10.0. The maximum atomic E-state index is 14.1. The van der Waals surface area contributed by atoms with E-state index in [1.54, 1.807) is 0 Å². The minimum absolute atomic E-state index is 0.0939. The fraction of sp³-hybridized carbons (Fsp3) is 0.292. The molecule has 1 aliphatic heterocycles. The van der Waals surface area contributed by atoms with E-state index in [0.717, 1.165) is 49.0 Å². The smallest absolute Gasteiger partial charge is 0.249 e. The van der Waals surface area contributed by atoms with Crippen molar-refractivity contribution in [1.82, 2.24) is 4.90 Å². The molecule has 0 bridgehead atoms. The molecule has 4 rings (SSSR count). The summed E-state index contributed by atoms with van der Waals surface area (Å²) in [5, 5.41) is 1.15. The van der Waals surface area contributed by atoms with Crippen LogP contribution in [0.15, 0.2) is 52.8 Å². The second kappa shape index (κ2) is 8.61. The maximum absolute atomic E-state index is 14.1. The van der Waals surface area contributed by atoms with Gasteiger partial charge in [0.05, 0.1) is 17.5 Å². The molecule has 0 saturated carbocycles. The third-order valence-corrected chi connectivity index (χ3v) is 5.42. The van der Waals surface area contributed by atoms with E-state index in [0.29, 0.717) is 5.56 Å². The Bertz CT molecular complexity index is 1100. The molecule has 156 valence electrons. The standard InChI is InChI=1S/C24H25FN2O3/c1-2-11-27(12-5-6-16-14-29-22-8-4-3-7-18(16)22)17-13-20-19(24(26)28)9-10-21(25)23(20)30-15-17/h3-4,7-10,13-14H,2,5-6,11-12,15H2,1H3,(H2,26,28). The summed E-state index contributed by atoms with van der Waals surface area (Å²) in [4.78, 5) is 14.0. The third-order valence-electron chi connectivity index (χ3n) is 5.42. The number of ether oxygens (including phenoxy) is 1. The summed E-state index contributed by atoms with van der Waals surface area (Å²) in [6.45, 7) is 4.04. The number of nitrogens with two attached hydrogens (primary N) is 1. The highest BCUT2D eigenvalue weighted by Gasteiger charge is 2.23. The summed E-state index contributed by atoms with van der Waals surface area (Å²) in [6.07, 6.45) is 6.45. The first-order valence-electron chi connectivity index (χ1n) is 10.2. The van der Waals surface area contributed by atoms with Crippen molar-refractivity contribution >= 4 is 23.0 Å². The van der Waals surface area contributed by atoms with Crippen molar-refractivity contribution in [2.45, 2.75) is 26.2 Å². The van der Waals surface area contributed by atoms with Crippen molar-refractivity contribution < 1.29 is 18.3 Å². The SMILES string of the molecule is CCCN(CCCc1coc2ccccc12)C1=Cc2c(C(N)=O)ccc(F)c2OC1.